The van der Waals surface area contributed by atoms with Crippen LogP contribution in [0.15, 0.2) is 68.7 Å². The summed E-state index contributed by atoms with van der Waals surface area (Å²) in [7, 11) is 0. The number of rotatable bonds is 7. The zero-order valence-corrected chi connectivity index (χ0v) is 17.5. The van der Waals surface area contributed by atoms with Crippen molar-refractivity contribution in [3.8, 4) is 0 Å². The average Bonchev–Trinajstić information content (AvgIpc) is 3.44. The molecule has 1 N–H and O–H groups in total. The molecule has 0 amide bonds. The fourth-order valence-electron chi connectivity index (χ4n) is 3.61. The second kappa shape index (κ2) is 10.1. The Bertz CT molecular complexity index is 912. The first-order valence-electron chi connectivity index (χ1n) is 10.5. The second-order valence-corrected chi connectivity index (χ2v) is 7.57. The van der Waals surface area contributed by atoms with Gasteiger partial charge in [-0.15, -0.1) is 0 Å². The van der Waals surface area contributed by atoms with E-state index in [9.17, 15) is 0 Å². The first-order valence-corrected chi connectivity index (χ1v) is 10.5. The van der Waals surface area contributed by atoms with E-state index in [0.717, 1.165) is 68.9 Å². The lowest BCUT2D eigenvalue weighted by atomic mass is 10.2. The minimum Gasteiger partial charge on any atom is -0.469 e. The topological polar surface area (TPSA) is 70.0 Å². The third kappa shape index (κ3) is 5.73. The summed E-state index contributed by atoms with van der Waals surface area (Å²) >= 11 is 0. The SMILES string of the molecule is Cc1cc(CN2CCN(C(=NCc3ccccc3)NCCc3ccco3)CC2)no1. The quantitative estimate of drug-likeness (QED) is 0.479. The molecule has 3 aromatic rings. The molecule has 0 radical (unpaired) electrons. The van der Waals surface area contributed by atoms with E-state index in [1.54, 1.807) is 6.26 Å². The molecule has 158 valence electrons. The van der Waals surface area contributed by atoms with E-state index < -0.39 is 0 Å². The van der Waals surface area contributed by atoms with Gasteiger partial charge in [-0.2, -0.15) is 0 Å². The molecule has 0 atom stereocenters. The second-order valence-electron chi connectivity index (χ2n) is 7.57. The van der Waals surface area contributed by atoms with Gasteiger partial charge < -0.3 is 19.2 Å². The molecule has 0 aliphatic carbocycles. The number of aliphatic imine (C=N–C) groups is 1. The first kappa shape index (κ1) is 20.2. The number of furan rings is 1. The largest absolute Gasteiger partial charge is 0.469 e. The highest BCUT2D eigenvalue weighted by Gasteiger charge is 2.20. The van der Waals surface area contributed by atoms with Crippen LogP contribution in [-0.4, -0.2) is 53.6 Å². The maximum absolute atomic E-state index is 5.45. The Balaban J connectivity index is 1.34. The van der Waals surface area contributed by atoms with Crippen LogP contribution in [0.3, 0.4) is 0 Å². The molecule has 0 spiro atoms. The van der Waals surface area contributed by atoms with Gasteiger partial charge in [0.1, 0.15) is 11.5 Å². The summed E-state index contributed by atoms with van der Waals surface area (Å²) < 4.78 is 10.6. The van der Waals surface area contributed by atoms with E-state index in [2.05, 4.69) is 44.5 Å². The Hall–Kier alpha value is -3.06. The maximum atomic E-state index is 5.45. The van der Waals surface area contributed by atoms with Crippen molar-refractivity contribution in [2.24, 2.45) is 4.99 Å². The normalized spacial score (nSPS) is 15.5. The Morgan fingerprint density at radius 3 is 2.63 bits per heavy atom. The fourth-order valence-corrected chi connectivity index (χ4v) is 3.61. The molecule has 1 aliphatic rings. The van der Waals surface area contributed by atoms with Crippen LogP contribution in [0.1, 0.15) is 22.8 Å². The number of piperazine rings is 1. The van der Waals surface area contributed by atoms with Gasteiger partial charge in [-0.05, 0) is 24.6 Å². The van der Waals surface area contributed by atoms with Gasteiger partial charge in [0.2, 0.25) is 0 Å². The summed E-state index contributed by atoms with van der Waals surface area (Å²) in [5.41, 5.74) is 2.21. The number of nitrogens with one attached hydrogen (secondary N) is 1. The third-order valence-electron chi connectivity index (χ3n) is 5.22. The minimum absolute atomic E-state index is 0.669. The molecular formula is C23H29N5O2. The standard InChI is InChI=1S/C23H29N5O2/c1-19-16-21(26-30-19)18-27-11-13-28(14-12-27)23(24-10-9-22-8-5-15-29-22)25-17-20-6-3-2-4-7-20/h2-8,15-16H,9-14,17-18H2,1H3,(H,24,25). The zero-order valence-electron chi connectivity index (χ0n) is 17.5. The van der Waals surface area contributed by atoms with Crippen LogP contribution in [0.5, 0.6) is 0 Å². The van der Waals surface area contributed by atoms with Gasteiger partial charge in [-0.1, -0.05) is 35.5 Å². The lowest BCUT2D eigenvalue weighted by molar-refractivity contribution is 0.169. The van der Waals surface area contributed by atoms with Crippen molar-refractivity contribution in [3.63, 3.8) is 0 Å². The van der Waals surface area contributed by atoms with Crippen molar-refractivity contribution in [1.29, 1.82) is 0 Å². The van der Waals surface area contributed by atoms with Gasteiger partial charge in [-0.3, -0.25) is 4.90 Å². The summed E-state index contributed by atoms with van der Waals surface area (Å²) in [6.07, 6.45) is 2.55. The van der Waals surface area contributed by atoms with Crippen LogP contribution in [-0.2, 0) is 19.5 Å². The summed E-state index contributed by atoms with van der Waals surface area (Å²) in [5.74, 6) is 2.81. The predicted octanol–water partition coefficient (Wildman–Crippen LogP) is 3.08. The summed E-state index contributed by atoms with van der Waals surface area (Å²) in [6, 6.07) is 16.3. The number of guanidine groups is 1. The molecule has 1 saturated heterocycles. The van der Waals surface area contributed by atoms with Gasteiger partial charge in [-0.25, -0.2) is 4.99 Å². The number of benzene rings is 1. The molecule has 7 nitrogen and oxygen atoms in total. The first-order chi connectivity index (χ1) is 14.8. The highest BCUT2D eigenvalue weighted by molar-refractivity contribution is 5.80. The molecule has 3 heterocycles. The van der Waals surface area contributed by atoms with Crippen molar-refractivity contribution in [3.05, 3.63) is 77.6 Å². The van der Waals surface area contributed by atoms with Crippen molar-refractivity contribution >= 4 is 5.96 Å². The number of aryl methyl sites for hydroxylation is 1. The van der Waals surface area contributed by atoms with E-state index in [4.69, 9.17) is 13.9 Å². The van der Waals surface area contributed by atoms with Gasteiger partial charge in [0.25, 0.3) is 0 Å². The number of hydrogen-bond donors (Lipinski definition) is 1. The molecule has 1 fully saturated rings. The van der Waals surface area contributed by atoms with E-state index >= 15 is 0 Å². The van der Waals surface area contributed by atoms with E-state index in [1.807, 2.05) is 31.2 Å². The molecule has 1 aromatic carbocycles. The Labute approximate surface area is 177 Å². The Morgan fingerprint density at radius 1 is 1.10 bits per heavy atom. The molecule has 0 unspecified atom stereocenters. The van der Waals surface area contributed by atoms with Gasteiger partial charge in [0, 0.05) is 51.8 Å². The monoisotopic (exact) mass is 407 g/mol. The lowest BCUT2D eigenvalue weighted by Crippen LogP contribution is -2.52. The van der Waals surface area contributed by atoms with Crippen molar-refractivity contribution in [1.82, 2.24) is 20.3 Å². The van der Waals surface area contributed by atoms with Crippen LogP contribution in [0.4, 0.5) is 0 Å². The summed E-state index contributed by atoms with van der Waals surface area (Å²) in [5, 5.41) is 7.65. The highest BCUT2D eigenvalue weighted by Crippen LogP contribution is 2.10. The number of nitrogens with zero attached hydrogens (tertiary/aromatic N) is 4. The number of hydrogen-bond acceptors (Lipinski definition) is 5. The van der Waals surface area contributed by atoms with Crippen molar-refractivity contribution < 1.29 is 8.94 Å². The van der Waals surface area contributed by atoms with Crippen molar-refractivity contribution in [2.45, 2.75) is 26.4 Å². The highest BCUT2D eigenvalue weighted by atomic mass is 16.5. The molecular weight excluding hydrogens is 378 g/mol. The molecule has 0 bridgehead atoms. The van der Waals surface area contributed by atoms with E-state index in [-0.39, 0.29) is 0 Å². The van der Waals surface area contributed by atoms with Gasteiger partial charge in [0.05, 0.1) is 18.5 Å². The summed E-state index contributed by atoms with van der Waals surface area (Å²) in [4.78, 5) is 9.65. The molecule has 30 heavy (non-hydrogen) atoms. The Kier molecular flexibility index (Phi) is 6.82. The predicted molar refractivity (Wildman–Crippen MR) is 116 cm³/mol. The lowest BCUT2D eigenvalue weighted by Gasteiger charge is -2.36. The smallest absolute Gasteiger partial charge is 0.194 e. The van der Waals surface area contributed by atoms with E-state index in [0.29, 0.717) is 6.54 Å². The molecule has 7 heteroatoms. The van der Waals surface area contributed by atoms with Gasteiger partial charge >= 0.3 is 0 Å². The zero-order chi connectivity index (χ0) is 20.6. The molecule has 4 rings (SSSR count). The molecule has 2 aromatic heterocycles. The van der Waals surface area contributed by atoms with Crippen LogP contribution in [0, 0.1) is 6.92 Å². The molecule has 1 aliphatic heterocycles. The van der Waals surface area contributed by atoms with Crippen LogP contribution in [0.2, 0.25) is 0 Å². The average molecular weight is 408 g/mol. The van der Waals surface area contributed by atoms with E-state index in [1.165, 1.54) is 5.56 Å². The van der Waals surface area contributed by atoms with Gasteiger partial charge in [0.15, 0.2) is 5.96 Å². The minimum atomic E-state index is 0.669. The third-order valence-corrected chi connectivity index (χ3v) is 5.22. The number of aromatic nitrogens is 1. The molecule has 0 saturated carbocycles. The van der Waals surface area contributed by atoms with Crippen LogP contribution < -0.4 is 5.32 Å². The van der Waals surface area contributed by atoms with Crippen LogP contribution >= 0.6 is 0 Å². The Morgan fingerprint density at radius 2 is 1.93 bits per heavy atom. The fraction of sp³-hybridized carbons (Fsp3) is 0.391. The maximum Gasteiger partial charge on any atom is 0.194 e. The van der Waals surface area contributed by atoms with Crippen LogP contribution in [0.25, 0.3) is 0 Å². The summed E-state index contributed by atoms with van der Waals surface area (Å²) in [6.45, 7) is 8.01. The van der Waals surface area contributed by atoms with Crippen molar-refractivity contribution in [2.75, 3.05) is 32.7 Å².